The Morgan fingerprint density at radius 2 is 1.85 bits per heavy atom. The predicted molar refractivity (Wildman–Crippen MR) is 89.2 cm³/mol. The molecular weight excluding hydrogens is 374 g/mol. The summed E-state index contributed by atoms with van der Waals surface area (Å²) in [4.78, 5) is 14.3. The first-order chi connectivity index (χ1) is 12.3. The van der Waals surface area contributed by atoms with Gasteiger partial charge in [0.2, 0.25) is 5.91 Å². The van der Waals surface area contributed by atoms with Gasteiger partial charge < -0.3 is 9.64 Å². The van der Waals surface area contributed by atoms with Gasteiger partial charge in [0.15, 0.2) is 0 Å². The third-order valence-electron chi connectivity index (χ3n) is 4.11. The lowest BCUT2D eigenvalue weighted by molar-refractivity contribution is -0.253. The van der Waals surface area contributed by atoms with Crippen LogP contribution in [0.1, 0.15) is 17.9 Å². The topological polar surface area (TPSA) is 29.5 Å². The van der Waals surface area contributed by atoms with E-state index < -0.39 is 24.2 Å². The van der Waals surface area contributed by atoms with Crippen molar-refractivity contribution >= 4 is 23.2 Å². The second-order valence-corrected chi connectivity index (χ2v) is 6.28. The van der Waals surface area contributed by atoms with E-state index in [9.17, 15) is 22.4 Å². The Morgan fingerprint density at radius 3 is 2.50 bits per heavy atom. The van der Waals surface area contributed by atoms with Gasteiger partial charge in [-0.25, -0.2) is 0 Å². The van der Waals surface area contributed by atoms with Gasteiger partial charge in [-0.3, -0.25) is 4.79 Å². The molecule has 26 heavy (non-hydrogen) atoms. The molecule has 3 nitrogen and oxygen atoms in total. The Balaban J connectivity index is 1.79. The van der Waals surface area contributed by atoms with Crippen LogP contribution in [-0.4, -0.2) is 25.0 Å². The Kier molecular flexibility index (Phi) is 5.09. The van der Waals surface area contributed by atoms with Crippen molar-refractivity contribution in [1.29, 1.82) is 0 Å². The highest BCUT2D eigenvalue weighted by Gasteiger charge is 2.44. The number of hydrogen-bond acceptors (Lipinski definition) is 2. The molecule has 1 atom stereocenters. The van der Waals surface area contributed by atoms with E-state index in [4.69, 9.17) is 11.6 Å². The number of halogens is 5. The summed E-state index contributed by atoms with van der Waals surface area (Å²) in [6.45, 7) is 0.448. The molecule has 2 aromatic carbocycles. The van der Waals surface area contributed by atoms with Crippen LogP contribution in [0.4, 0.5) is 23.2 Å². The van der Waals surface area contributed by atoms with E-state index in [1.165, 1.54) is 12.1 Å². The van der Waals surface area contributed by atoms with Crippen LogP contribution in [-0.2, 0) is 4.79 Å². The summed E-state index contributed by atoms with van der Waals surface area (Å²) in [6, 6.07) is 12.1. The zero-order chi connectivity index (χ0) is 18.9. The molecule has 0 aromatic heterocycles. The highest BCUT2D eigenvalue weighted by atomic mass is 35.5. The third kappa shape index (κ3) is 3.77. The molecule has 1 aliphatic heterocycles. The lowest BCUT2D eigenvalue weighted by atomic mass is 9.97. The number of benzene rings is 2. The molecule has 1 saturated heterocycles. The summed E-state index contributed by atoms with van der Waals surface area (Å²) in [5.41, 5.74) is 1.12. The van der Waals surface area contributed by atoms with Crippen molar-refractivity contribution in [3.8, 4) is 5.75 Å². The summed E-state index contributed by atoms with van der Waals surface area (Å²) >= 11 is 5.84. The maximum Gasteiger partial charge on any atom is 0.461 e. The van der Waals surface area contributed by atoms with Gasteiger partial charge in [-0.1, -0.05) is 23.7 Å². The zero-order valence-electron chi connectivity index (χ0n) is 13.3. The minimum Gasteiger partial charge on any atom is -0.428 e. The second-order valence-electron chi connectivity index (χ2n) is 5.84. The molecular formula is C18H14ClF4NO2. The molecule has 3 rings (SSSR count). The van der Waals surface area contributed by atoms with Crippen molar-refractivity contribution < 1.29 is 27.1 Å². The average Bonchev–Trinajstić information content (AvgIpc) is 2.97. The molecule has 0 bridgehead atoms. The Morgan fingerprint density at radius 1 is 1.15 bits per heavy atom. The Labute approximate surface area is 152 Å². The molecule has 8 heteroatoms. The molecule has 1 amide bonds. The Bertz CT molecular complexity index is 798. The molecule has 0 saturated carbocycles. The third-order valence-corrected chi connectivity index (χ3v) is 4.36. The first-order valence-corrected chi connectivity index (χ1v) is 8.17. The molecule has 0 aliphatic carbocycles. The molecule has 2 aromatic rings. The van der Waals surface area contributed by atoms with Crippen LogP contribution in [0.5, 0.6) is 5.75 Å². The largest absolute Gasteiger partial charge is 0.461 e. The van der Waals surface area contributed by atoms with E-state index in [1.54, 1.807) is 35.2 Å². The van der Waals surface area contributed by atoms with Crippen molar-refractivity contribution in [1.82, 2.24) is 0 Å². The van der Waals surface area contributed by atoms with Gasteiger partial charge in [-0.15, -0.1) is 0 Å². The zero-order valence-corrected chi connectivity index (χ0v) is 14.1. The van der Waals surface area contributed by atoms with Crippen molar-refractivity contribution in [2.24, 2.45) is 0 Å². The second kappa shape index (κ2) is 7.15. The number of alkyl halides is 4. The quantitative estimate of drug-likeness (QED) is 0.668. The van der Waals surface area contributed by atoms with E-state index in [0.29, 0.717) is 29.2 Å². The van der Waals surface area contributed by atoms with E-state index in [2.05, 4.69) is 4.74 Å². The van der Waals surface area contributed by atoms with E-state index >= 15 is 0 Å². The summed E-state index contributed by atoms with van der Waals surface area (Å²) < 4.78 is 54.8. The number of carbonyl (C=O) groups excluding carboxylic acids is 1. The van der Waals surface area contributed by atoms with Crippen LogP contribution in [0.15, 0.2) is 48.5 Å². The molecule has 1 heterocycles. The molecule has 1 fully saturated rings. The number of rotatable bonds is 5. The summed E-state index contributed by atoms with van der Waals surface area (Å²) in [5, 5.41) is 0.543. The van der Waals surface area contributed by atoms with Gasteiger partial charge in [-0.2, -0.15) is 17.6 Å². The molecule has 0 N–H and O–H groups in total. The SMILES string of the molecule is O=C1C(c2cccc(OC(F)(F)C(F)F)c2)CCN1c1ccc(Cl)cc1. The molecule has 138 valence electrons. The van der Waals surface area contributed by atoms with Crippen LogP contribution in [0.25, 0.3) is 0 Å². The lowest BCUT2D eigenvalue weighted by Gasteiger charge is -2.19. The number of nitrogens with zero attached hydrogens (tertiary/aromatic N) is 1. The van der Waals surface area contributed by atoms with Crippen molar-refractivity contribution in [2.45, 2.75) is 24.9 Å². The minimum atomic E-state index is -4.59. The number of hydrogen-bond donors (Lipinski definition) is 0. The smallest absolute Gasteiger partial charge is 0.428 e. The molecule has 1 aliphatic rings. The van der Waals surface area contributed by atoms with Gasteiger partial charge in [0, 0.05) is 17.3 Å². The Hall–Kier alpha value is -2.28. The van der Waals surface area contributed by atoms with Crippen LogP contribution in [0, 0.1) is 0 Å². The van der Waals surface area contributed by atoms with Gasteiger partial charge in [0.25, 0.3) is 0 Å². The van der Waals surface area contributed by atoms with Crippen LogP contribution in [0.3, 0.4) is 0 Å². The molecule has 0 radical (unpaired) electrons. The highest BCUT2D eigenvalue weighted by Crippen LogP contribution is 2.35. The predicted octanol–water partition coefficient (Wildman–Crippen LogP) is 5.10. The van der Waals surface area contributed by atoms with E-state index in [1.807, 2.05) is 0 Å². The number of carbonyl (C=O) groups is 1. The first kappa shape index (κ1) is 18.5. The minimum absolute atomic E-state index is 0.204. The fraction of sp³-hybridized carbons (Fsp3) is 0.278. The average molecular weight is 388 g/mol. The van der Waals surface area contributed by atoms with E-state index in [0.717, 1.165) is 6.07 Å². The van der Waals surface area contributed by atoms with Crippen molar-refractivity contribution in [3.05, 3.63) is 59.1 Å². The van der Waals surface area contributed by atoms with Crippen LogP contribution >= 0.6 is 11.6 Å². The fourth-order valence-electron chi connectivity index (χ4n) is 2.86. The van der Waals surface area contributed by atoms with Crippen molar-refractivity contribution in [3.63, 3.8) is 0 Å². The maximum absolute atomic E-state index is 13.1. The van der Waals surface area contributed by atoms with Gasteiger partial charge in [0.1, 0.15) is 5.75 Å². The monoisotopic (exact) mass is 387 g/mol. The maximum atomic E-state index is 13.1. The highest BCUT2D eigenvalue weighted by molar-refractivity contribution is 6.30. The van der Waals surface area contributed by atoms with Gasteiger partial charge in [0.05, 0.1) is 5.92 Å². The number of amides is 1. The fourth-order valence-corrected chi connectivity index (χ4v) is 2.99. The van der Waals surface area contributed by atoms with Gasteiger partial charge in [-0.05, 0) is 48.4 Å². The van der Waals surface area contributed by atoms with Crippen LogP contribution < -0.4 is 9.64 Å². The van der Waals surface area contributed by atoms with Crippen LogP contribution in [0.2, 0.25) is 5.02 Å². The normalized spacial score (nSPS) is 17.8. The lowest BCUT2D eigenvalue weighted by Crippen LogP contribution is -2.33. The summed E-state index contributed by atoms with van der Waals surface area (Å²) in [7, 11) is 0. The number of ether oxygens (including phenoxy) is 1. The van der Waals surface area contributed by atoms with Gasteiger partial charge >= 0.3 is 12.5 Å². The molecule has 0 spiro atoms. The number of anilines is 1. The molecule has 1 unspecified atom stereocenters. The van der Waals surface area contributed by atoms with Crippen molar-refractivity contribution in [2.75, 3.05) is 11.4 Å². The standard InChI is InChI=1S/C18H14ClF4NO2/c19-12-4-6-13(7-5-12)24-9-8-15(16(24)25)11-2-1-3-14(10-11)26-18(22,23)17(20)21/h1-7,10,15,17H,8-9H2. The summed E-state index contributed by atoms with van der Waals surface area (Å²) in [5.74, 6) is -1.18. The van der Waals surface area contributed by atoms with E-state index in [-0.39, 0.29) is 5.91 Å². The summed E-state index contributed by atoms with van der Waals surface area (Å²) in [6.07, 6.45) is -8.07. The first-order valence-electron chi connectivity index (χ1n) is 7.80.